The largest absolute Gasteiger partial charge is 0.295 e. The van der Waals surface area contributed by atoms with Crippen LogP contribution >= 0.6 is 0 Å². The van der Waals surface area contributed by atoms with Crippen molar-refractivity contribution >= 4 is 5.78 Å². The van der Waals surface area contributed by atoms with Crippen LogP contribution in [0.1, 0.15) is 64.7 Å². The topological polar surface area (TPSA) is 40.9 Å². The van der Waals surface area contributed by atoms with Crippen molar-refractivity contribution in [1.29, 1.82) is 5.26 Å². The number of carbonyl (C=O) groups excluding carboxylic acids is 1. The standard InChI is InChI=1S/C22H29NO/c1-14(13-23)11-16-4-8-21-20-6-3-15-12-17(24)5-7-18(15)19(20)9-10-22(16,21)2/h12,16,18-21H,1,3-11H2,2H3/t16-,18-,19+,20+,21-,22+/m0/s1. The Morgan fingerprint density at radius 2 is 2.08 bits per heavy atom. The van der Waals surface area contributed by atoms with Gasteiger partial charge in [-0.2, -0.15) is 5.26 Å². The van der Waals surface area contributed by atoms with Crippen molar-refractivity contribution in [2.75, 3.05) is 0 Å². The Morgan fingerprint density at radius 3 is 2.88 bits per heavy atom. The zero-order valence-corrected chi connectivity index (χ0v) is 14.9. The lowest BCUT2D eigenvalue weighted by Crippen LogP contribution is -2.46. The molecule has 0 radical (unpaired) electrons. The Balaban J connectivity index is 1.56. The van der Waals surface area contributed by atoms with Gasteiger partial charge >= 0.3 is 0 Å². The van der Waals surface area contributed by atoms with E-state index in [1.165, 1.54) is 37.7 Å². The van der Waals surface area contributed by atoms with Crippen LogP contribution < -0.4 is 0 Å². The highest BCUT2D eigenvalue weighted by Gasteiger charge is 2.55. The van der Waals surface area contributed by atoms with Gasteiger partial charge in [0.25, 0.3) is 0 Å². The normalized spacial score (nSPS) is 43.9. The Bertz CT molecular complexity index is 639. The number of nitrogens with zero attached hydrogens (tertiary/aromatic N) is 1. The third kappa shape index (κ3) is 2.40. The molecule has 0 aromatic rings. The molecule has 128 valence electrons. The predicted molar refractivity (Wildman–Crippen MR) is 95.0 cm³/mol. The van der Waals surface area contributed by atoms with Gasteiger partial charge in [-0.25, -0.2) is 0 Å². The number of hydrogen-bond acceptors (Lipinski definition) is 2. The minimum absolute atomic E-state index is 0.358. The number of nitriles is 1. The van der Waals surface area contributed by atoms with Gasteiger partial charge in [-0.1, -0.05) is 19.1 Å². The van der Waals surface area contributed by atoms with E-state index in [4.69, 9.17) is 5.26 Å². The molecule has 4 rings (SSSR count). The van der Waals surface area contributed by atoms with Crippen molar-refractivity contribution in [2.45, 2.75) is 64.7 Å². The van der Waals surface area contributed by atoms with Crippen LogP contribution in [0.2, 0.25) is 0 Å². The average Bonchev–Trinajstić information content (AvgIpc) is 2.90. The van der Waals surface area contributed by atoms with Gasteiger partial charge in [0.2, 0.25) is 0 Å². The minimum atomic E-state index is 0.358. The lowest BCUT2D eigenvalue weighted by molar-refractivity contribution is -0.116. The maximum absolute atomic E-state index is 11.8. The SMILES string of the molecule is C=C(C#N)C[C@@H]1CC[C@H]2[C@@H]3CCC4=CC(=O)CC[C@@H]4[C@H]3CC[C@]12C. The lowest BCUT2D eigenvalue weighted by Gasteiger charge is -2.54. The van der Waals surface area contributed by atoms with Gasteiger partial charge in [0.15, 0.2) is 5.78 Å². The van der Waals surface area contributed by atoms with Gasteiger partial charge in [-0.3, -0.25) is 4.79 Å². The van der Waals surface area contributed by atoms with Crippen LogP contribution in [-0.2, 0) is 4.79 Å². The van der Waals surface area contributed by atoms with Crippen molar-refractivity contribution in [3.05, 3.63) is 23.8 Å². The Labute approximate surface area is 146 Å². The molecule has 0 spiro atoms. The van der Waals surface area contributed by atoms with Gasteiger partial charge in [0, 0.05) is 12.0 Å². The first-order valence-electron chi connectivity index (χ1n) is 9.84. The molecule has 0 unspecified atom stereocenters. The third-order valence-corrected chi connectivity index (χ3v) is 8.15. The molecule has 0 aromatic carbocycles. The van der Waals surface area contributed by atoms with Crippen LogP contribution in [0.4, 0.5) is 0 Å². The summed E-state index contributed by atoms with van der Waals surface area (Å²) in [6.07, 6.45) is 12.4. The number of fused-ring (bicyclic) bond motifs is 5. The molecule has 4 aliphatic carbocycles. The van der Waals surface area contributed by atoms with Crippen LogP contribution in [0.3, 0.4) is 0 Å². The van der Waals surface area contributed by atoms with E-state index in [9.17, 15) is 4.79 Å². The van der Waals surface area contributed by atoms with Crippen LogP contribution in [-0.4, -0.2) is 5.78 Å². The van der Waals surface area contributed by atoms with E-state index in [-0.39, 0.29) is 0 Å². The molecule has 0 amide bonds. The first kappa shape index (κ1) is 16.1. The minimum Gasteiger partial charge on any atom is -0.295 e. The van der Waals surface area contributed by atoms with Gasteiger partial charge in [-0.05, 0) is 92.4 Å². The van der Waals surface area contributed by atoms with Gasteiger partial charge in [-0.15, -0.1) is 0 Å². The quantitative estimate of drug-likeness (QED) is 0.654. The van der Waals surface area contributed by atoms with E-state index in [0.717, 1.165) is 49.0 Å². The van der Waals surface area contributed by atoms with E-state index in [1.54, 1.807) is 0 Å². The zero-order chi connectivity index (χ0) is 16.9. The van der Waals surface area contributed by atoms with Crippen LogP contribution in [0.5, 0.6) is 0 Å². The molecular formula is C22H29NO. The fraction of sp³-hybridized carbons (Fsp3) is 0.727. The Hall–Kier alpha value is -1.36. The molecular weight excluding hydrogens is 294 g/mol. The molecule has 0 aromatic heterocycles. The first-order chi connectivity index (χ1) is 11.5. The summed E-state index contributed by atoms with van der Waals surface area (Å²) in [5, 5.41) is 9.13. The molecule has 4 aliphatic rings. The van der Waals surface area contributed by atoms with Crippen molar-refractivity contribution in [3.63, 3.8) is 0 Å². The van der Waals surface area contributed by atoms with E-state index in [2.05, 4.69) is 19.6 Å². The Morgan fingerprint density at radius 1 is 1.25 bits per heavy atom. The number of ketones is 1. The number of hydrogen-bond donors (Lipinski definition) is 0. The summed E-state index contributed by atoms with van der Waals surface area (Å²) in [7, 11) is 0. The third-order valence-electron chi connectivity index (χ3n) is 8.15. The molecule has 0 heterocycles. The van der Waals surface area contributed by atoms with Crippen LogP contribution in [0.15, 0.2) is 23.8 Å². The van der Waals surface area contributed by atoms with Crippen LogP contribution in [0.25, 0.3) is 0 Å². The number of allylic oxidation sites excluding steroid dienone is 2. The van der Waals surface area contributed by atoms with E-state index in [1.807, 2.05) is 6.08 Å². The summed E-state index contributed by atoms with van der Waals surface area (Å²) in [5.41, 5.74) is 2.65. The van der Waals surface area contributed by atoms with E-state index in [0.29, 0.717) is 23.0 Å². The zero-order valence-electron chi connectivity index (χ0n) is 14.9. The van der Waals surface area contributed by atoms with Crippen LogP contribution in [0, 0.1) is 46.3 Å². The summed E-state index contributed by atoms with van der Waals surface area (Å²) < 4.78 is 0. The number of carbonyl (C=O) groups is 1. The van der Waals surface area contributed by atoms with E-state index < -0.39 is 0 Å². The second-order valence-corrected chi connectivity index (χ2v) is 9.04. The second kappa shape index (κ2) is 5.87. The van der Waals surface area contributed by atoms with E-state index >= 15 is 0 Å². The molecule has 2 nitrogen and oxygen atoms in total. The monoisotopic (exact) mass is 323 g/mol. The summed E-state index contributed by atoms with van der Waals surface area (Å²) in [4.78, 5) is 11.8. The molecule has 24 heavy (non-hydrogen) atoms. The highest BCUT2D eigenvalue weighted by Crippen LogP contribution is 2.64. The average molecular weight is 323 g/mol. The molecule has 3 saturated carbocycles. The highest BCUT2D eigenvalue weighted by atomic mass is 16.1. The molecule has 0 N–H and O–H groups in total. The van der Waals surface area contributed by atoms with Crippen molar-refractivity contribution in [2.24, 2.45) is 35.0 Å². The van der Waals surface area contributed by atoms with Gasteiger partial charge in [0.05, 0.1) is 6.07 Å². The smallest absolute Gasteiger partial charge is 0.155 e. The second-order valence-electron chi connectivity index (χ2n) is 9.04. The summed E-state index contributed by atoms with van der Waals surface area (Å²) >= 11 is 0. The predicted octanol–water partition coefficient (Wildman–Crippen LogP) is 5.21. The molecule has 0 aliphatic heterocycles. The highest BCUT2D eigenvalue weighted by molar-refractivity contribution is 5.91. The molecule has 6 atom stereocenters. The summed E-state index contributed by atoms with van der Waals surface area (Å²) in [6, 6.07) is 2.27. The molecule has 3 fully saturated rings. The summed E-state index contributed by atoms with van der Waals surface area (Å²) in [6.45, 7) is 6.45. The van der Waals surface area contributed by atoms with Crippen molar-refractivity contribution < 1.29 is 4.79 Å². The Kier molecular flexibility index (Phi) is 3.94. The molecule has 0 bridgehead atoms. The first-order valence-corrected chi connectivity index (χ1v) is 9.84. The lowest BCUT2D eigenvalue weighted by atomic mass is 9.51. The maximum Gasteiger partial charge on any atom is 0.155 e. The van der Waals surface area contributed by atoms with Gasteiger partial charge < -0.3 is 0 Å². The molecule has 0 saturated heterocycles. The van der Waals surface area contributed by atoms with Crippen molar-refractivity contribution in [3.8, 4) is 6.07 Å². The fourth-order valence-electron chi connectivity index (χ4n) is 6.97. The number of rotatable bonds is 2. The molecule has 2 heteroatoms. The maximum atomic E-state index is 11.8. The van der Waals surface area contributed by atoms with Gasteiger partial charge in [0.1, 0.15) is 0 Å². The fourth-order valence-corrected chi connectivity index (χ4v) is 6.97. The van der Waals surface area contributed by atoms with Crippen molar-refractivity contribution in [1.82, 2.24) is 0 Å². The summed E-state index contributed by atoms with van der Waals surface area (Å²) in [5.74, 6) is 4.19.